The lowest BCUT2D eigenvalue weighted by molar-refractivity contribution is 0.100. The molecule has 0 aliphatic heterocycles. The van der Waals surface area contributed by atoms with Crippen LogP contribution in [0.5, 0.6) is 0 Å². The molecule has 0 saturated carbocycles. The van der Waals surface area contributed by atoms with Crippen LogP contribution in [0.25, 0.3) is 0 Å². The Hall–Kier alpha value is -0.710. The molecule has 1 aromatic rings. The molecule has 5 heteroatoms. The van der Waals surface area contributed by atoms with Crippen molar-refractivity contribution < 1.29 is 4.79 Å². The number of hydrogen-bond donors (Lipinski definition) is 0. The number of Topliss-reactive ketones (excluding diaryl/α,β-unsaturated/α-hetero) is 1. The van der Waals surface area contributed by atoms with Crippen molar-refractivity contribution in [2.45, 2.75) is 19.9 Å². The molecule has 0 N–H and O–H groups in total. The first-order chi connectivity index (χ1) is 5.66. The van der Waals surface area contributed by atoms with E-state index in [-0.39, 0.29) is 11.8 Å². The van der Waals surface area contributed by atoms with E-state index in [1.165, 1.54) is 6.33 Å². The van der Waals surface area contributed by atoms with Gasteiger partial charge in [0.05, 0.1) is 5.33 Å². The minimum Gasteiger partial charge on any atom is -0.290 e. The van der Waals surface area contributed by atoms with Gasteiger partial charge in [-0.15, -0.1) is 0 Å². The normalized spacial score (nSPS) is 10.7. The van der Waals surface area contributed by atoms with E-state index in [1.807, 2.05) is 13.8 Å². The molecule has 0 unspecified atom stereocenters. The predicted octanol–water partition coefficient (Wildman–Crippen LogP) is 1.44. The Balaban J connectivity index is 2.99. The summed E-state index contributed by atoms with van der Waals surface area (Å²) in [6.45, 7) is 3.92. The molecule has 4 nitrogen and oxygen atoms in total. The summed E-state index contributed by atoms with van der Waals surface area (Å²) in [6, 6.07) is 0.172. The van der Waals surface area contributed by atoms with Gasteiger partial charge in [0, 0.05) is 6.04 Å². The van der Waals surface area contributed by atoms with Crippen LogP contribution in [0.1, 0.15) is 30.5 Å². The quantitative estimate of drug-likeness (QED) is 0.585. The third kappa shape index (κ3) is 1.72. The van der Waals surface area contributed by atoms with E-state index < -0.39 is 0 Å². The molecule has 0 spiro atoms. The van der Waals surface area contributed by atoms with Gasteiger partial charge in [-0.1, -0.05) is 15.9 Å². The lowest BCUT2D eigenvalue weighted by Gasteiger charge is -2.06. The number of halogens is 1. The van der Waals surface area contributed by atoms with Crippen molar-refractivity contribution in [3.05, 3.63) is 12.2 Å². The van der Waals surface area contributed by atoms with E-state index in [1.54, 1.807) is 4.68 Å². The lowest BCUT2D eigenvalue weighted by atomic mass is 10.3. The number of nitrogens with zero attached hydrogens (tertiary/aromatic N) is 3. The number of carbonyl (C=O) groups excluding carboxylic acids is 1. The highest BCUT2D eigenvalue weighted by Crippen LogP contribution is 2.06. The Labute approximate surface area is 79.1 Å². The molecular weight excluding hydrogens is 222 g/mol. The highest BCUT2D eigenvalue weighted by molar-refractivity contribution is 9.09. The molecule has 0 aromatic carbocycles. The molecule has 0 atom stereocenters. The second-order valence-corrected chi connectivity index (χ2v) is 3.24. The van der Waals surface area contributed by atoms with Gasteiger partial charge in [0.2, 0.25) is 5.78 Å². The Morgan fingerprint density at radius 3 is 2.92 bits per heavy atom. The van der Waals surface area contributed by atoms with Crippen LogP contribution in [0.4, 0.5) is 0 Å². The Bertz CT molecular complexity index is 282. The number of aromatic nitrogens is 3. The van der Waals surface area contributed by atoms with Gasteiger partial charge in [-0.05, 0) is 13.8 Å². The predicted molar refractivity (Wildman–Crippen MR) is 48.5 cm³/mol. The largest absolute Gasteiger partial charge is 0.290 e. The molecular formula is C7H10BrN3O. The molecule has 0 bridgehead atoms. The van der Waals surface area contributed by atoms with Gasteiger partial charge in [0.15, 0.2) is 5.82 Å². The number of rotatable bonds is 3. The van der Waals surface area contributed by atoms with E-state index in [9.17, 15) is 4.79 Å². The third-order valence-electron chi connectivity index (χ3n) is 1.43. The highest BCUT2D eigenvalue weighted by atomic mass is 79.9. The highest BCUT2D eigenvalue weighted by Gasteiger charge is 2.13. The topological polar surface area (TPSA) is 47.8 Å². The fourth-order valence-electron chi connectivity index (χ4n) is 0.887. The van der Waals surface area contributed by atoms with Crippen LogP contribution in [-0.2, 0) is 0 Å². The lowest BCUT2D eigenvalue weighted by Crippen LogP contribution is -2.14. The Morgan fingerprint density at radius 1 is 1.75 bits per heavy atom. The second-order valence-electron chi connectivity index (χ2n) is 2.68. The molecule has 0 aliphatic carbocycles. The maximum Gasteiger partial charge on any atom is 0.210 e. The van der Waals surface area contributed by atoms with Gasteiger partial charge >= 0.3 is 0 Å². The Kier molecular flexibility index (Phi) is 2.97. The van der Waals surface area contributed by atoms with E-state index in [0.29, 0.717) is 11.2 Å². The summed E-state index contributed by atoms with van der Waals surface area (Å²) < 4.78 is 1.61. The van der Waals surface area contributed by atoms with Crippen molar-refractivity contribution in [2.24, 2.45) is 0 Å². The van der Waals surface area contributed by atoms with Gasteiger partial charge in [0.25, 0.3) is 0 Å². The summed E-state index contributed by atoms with van der Waals surface area (Å²) in [5, 5.41) is 4.24. The average molecular weight is 232 g/mol. The average Bonchev–Trinajstić information content (AvgIpc) is 2.50. The van der Waals surface area contributed by atoms with E-state index in [0.717, 1.165) is 0 Å². The van der Waals surface area contributed by atoms with Crippen molar-refractivity contribution in [1.29, 1.82) is 0 Å². The molecule has 1 rings (SSSR count). The number of alkyl halides is 1. The molecule has 0 fully saturated rings. The number of carbonyl (C=O) groups is 1. The van der Waals surface area contributed by atoms with Gasteiger partial charge in [0.1, 0.15) is 6.33 Å². The second kappa shape index (κ2) is 3.80. The van der Waals surface area contributed by atoms with Crippen LogP contribution in [0.3, 0.4) is 0 Å². The molecule has 0 aliphatic rings. The first-order valence-electron chi connectivity index (χ1n) is 3.65. The molecule has 0 amide bonds. The fourth-order valence-corrected chi connectivity index (χ4v) is 1.14. The van der Waals surface area contributed by atoms with Crippen molar-refractivity contribution in [3.63, 3.8) is 0 Å². The summed E-state index contributed by atoms with van der Waals surface area (Å²) in [4.78, 5) is 15.1. The van der Waals surface area contributed by atoms with Gasteiger partial charge in [-0.25, -0.2) is 9.67 Å². The van der Waals surface area contributed by atoms with Crippen molar-refractivity contribution in [1.82, 2.24) is 14.8 Å². The molecule has 0 radical (unpaired) electrons. The van der Waals surface area contributed by atoms with Crippen molar-refractivity contribution >= 4 is 21.7 Å². The van der Waals surface area contributed by atoms with Crippen LogP contribution >= 0.6 is 15.9 Å². The zero-order valence-electron chi connectivity index (χ0n) is 6.99. The van der Waals surface area contributed by atoms with Gasteiger partial charge in [-0.2, -0.15) is 5.10 Å². The maximum atomic E-state index is 11.2. The van der Waals surface area contributed by atoms with E-state index in [4.69, 9.17) is 0 Å². The van der Waals surface area contributed by atoms with Gasteiger partial charge in [-0.3, -0.25) is 4.79 Å². The van der Waals surface area contributed by atoms with Crippen molar-refractivity contribution in [3.8, 4) is 0 Å². The smallest absolute Gasteiger partial charge is 0.210 e. The minimum atomic E-state index is -0.0406. The maximum absolute atomic E-state index is 11.2. The van der Waals surface area contributed by atoms with Crippen LogP contribution < -0.4 is 0 Å². The monoisotopic (exact) mass is 231 g/mol. The molecule has 12 heavy (non-hydrogen) atoms. The molecule has 1 aromatic heterocycles. The molecule has 1 heterocycles. The summed E-state index contributed by atoms with van der Waals surface area (Å²) in [5.41, 5.74) is 0. The van der Waals surface area contributed by atoms with Crippen LogP contribution in [0.15, 0.2) is 6.33 Å². The fraction of sp³-hybridized carbons (Fsp3) is 0.571. The van der Waals surface area contributed by atoms with Crippen molar-refractivity contribution in [2.75, 3.05) is 5.33 Å². The summed E-state index contributed by atoms with van der Waals surface area (Å²) in [5.74, 6) is 0.378. The summed E-state index contributed by atoms with van der Waals surface area (Å²) >= 11 is 3.09. The summed E-state index contributed by atoms with van der Waals surface area (Å²) in [7, 11) is 0. The standard InChI is InChI=1S/C7H10BrN3O/c1-5(2)11-7(6(12)3-8)9-4-10-11/h4-5H,3H2,1-2H3. The number of ketones is 1. The third-order valence-corrected chi connectivity index (χ3v) is 1.94. The minimum absolute atomic E-state index is 0.0406. The molecule has 0 saturated heterocycles. The van der Waals surface area contributed by atoms with Gasteiger partial charge < -0.3 is 0 Å². The first-order valence-corrected chi connectivity index (χ1v) is 4.77. The zero-order chi connectivity index (χ0) is 9.14. The zero-order valence-corrected chi connectivity index (χ0v) is 8.58. The SMILES string of the molecule is CC(C)n1ncnc1C(=O)CBr. The molecule has 66 valence electrons. The number of hydrogen-bond acceptors (Lipinski definition) is 3. The van der Waals surface area contributed by atoms with E-state index >= 15 is 0 Å². The van der Waals surface area contributed by atoms with Crippen LogP contribution in [0.2, 0.25) is 0 Å². The first kappa shape index (κ1) is 9.38. The Morgan fingerprint density at radius 2 is 2.42 bits per heavy atom. The van der Waals surface area contributed by atoms with Crippen LogP contribution in [-0.4, -0.2) is 25.9 Å². The summed E-state index contributed by atoms with van der Waals surface area (Å²) in [6.07, 6.45) is 1.40. The van der Waals surface area contributed by atoms with Crippen LogP contribution in [0, 0.1) is 0 Å². The van der Waals surface area contributed by atoms with E-state index in [2.05, 4.69) is 26.0 Å².